The SMILES string of the molecule is CCCCCCCCCCCCCCc1ccc(-c2noc([C@@H]3CCC[N+]3=C(N)N)n2)cc1. The van der Waals surface area contributed by atoms with E-state index < -0.39 is 0 Å². The van der Waals surface area contributed by atoms with Crippen molar-refractivity contribution in [3.05, 3.63) is 35.7 Å². The third-order valence-corrected chi connectivity index (χ3v) is 6.84. The maximum absolute atomic E-state index is 5.80. The average molecular weight is 455 g/mol. The Bertz CT molecular complexity index is 838. The van der Waals surface area contributed by atoms with Crippen LogP contribution < -0.4 is 11.5 Å². The first-order chi connectivity index (χ1) is 16.2. The number of unbranched alkanes of at least 4 members (excludes halogenated alkanes) is 11. The number of aromatic nitrogens is 2. The highest BCUT2D eigenvalue weighted by Crippen LogP contribution is 2.28. The first-order valence-corrected chi connectivity index (χ1v) is 13.3. The van der Waals surface area contributed by atoms with Crippen molar-refractivity contribution in [2.45, 2.75) is 109 Å². The fraction of sp³-hybridized carbons (Fsp3) is 0.667. The van der Waals surface area contributed by atoms with Gasteiger partial charge in [0.1, 0.15) is 0 Å². The Labute approximate surface area is 199 Å². The van der Waals surface area contributed by atoms with Crippen LogP contribution in [0.3, 0.4) is 0 Å². The molecule has 1 saturated heterocycles. The Morgan fingerprint density at radius 3 is 2.12 bits per heavy atom. The zero-order valence-electron chi connectivity index (χ0n) is 20.6. The topological polar surface area (TPSA) is 94.0 Å². The molecule has 1 aromatic carbocycles. The molecule has 1 fully saturated rings. The molecule has 0 bridgehead atoms. The number of guanidine groups is 1. The molecule has 0 aliphatic carbocycles. The lowest BCUT2D eigenvalue weighted by atomic mass is 10.0. The molecule has 1 atom stereocenters. The van der Waals surface area contributed by atoms with Gasteiger partial charge < -0.3 is 4.52 Å². The molecule has 3 rings (SSSR count). The van der Waals surface area contributed by atoms with E-state index >= 15 is 0 Å². The van der Waals surface area contributed by atoms with Crippen molar-refractivity contribution in [3.63, 3.8) is 0 Å². The third-order valence-electron chi connectivity index (χ3n) is 6.84. The summed E-state index contributed by atoms with van der Waals surface area (Å²) in [6.45, 7) is 3.11. The monoisotopic (exact) mass is 454 g/mol. The number of rotatable bonds is 15. The maximum Gasteiger partial charge on any atom is 0.341 e. The lowest BCUT2D eigenvalue weighted by Gasteiger charge is -2.07. The predicted molar refractivity (Wildman–Crippen MR) is 135 cm³/mol. The van der Waals surface area contributed by atoms with E-state index in [9.17, 15) is 0 Å². The van der Waals surface area contributed by atoms with Crippen LogP contribution in [0.4, 0.5) is 0 Å². The highest BCUT2D eigenvalue weighted by Gasteiger charge is 2.31. The molecule has 1 aliphatic heterocycles. The van der Waals surface area contributed by atoms with E-state index in [1.54, 1.807) is 0 Å². The van der Waals surface area contributed by atoms with Gasteiger partial charge in [0.2, 0.25) is 5.82 Å². The van der Waals surface area contributed by atoms with Crippen LogP contribution in [0.15, 0.2) is 28.8 Å². The first-order valence-electron chi connectivity index (χ1n) is 13.3. The lowest BCUT2D eigenvalue weighted by Crippen LogP contribution is -2.35. The minimum Gasteiger partial charge on any atom is -0.335 e. The summed E-state index contributed by atoms with van der Waals surface area (Å²) in [5.74, 6) is 1.54. The Balaban J connectivity index is 1.32. The Hall–Kier alpha value is -2.37. The molecule has 0 saturated carbocycles. The van der Waals surface area contributed by atoms with Crippen molar-refractivity contribution < 1.29 is 9.10 Å². The highest BCUT2D eigenvalue weighted by atomic mass is 16.5. The van der Waals surface area contributed by atoms with Crippen LogP contribution in [-0.4, -0.2) is 27.2 Å². The van der Waals surface area contributed by atoms with E-state index in [1.165, 1.54) is 82.6 Å². The van der Waals surface area contributed by atoms with Crippen LogP contribution in [-0.2, 0) is 6.42 Å². The van der Waals surface area contributed by atoms with Gasteiger partial charge in [0.25, 0.3) is 5.89 Å². The van der Waals surface area contributed by atoms with Gasteiger partial charge in [-0.1, -0.05) is 107 Å². The molecular weight excluding hydrogens is 410 g/mol. The molecule has 6 nitrogen and oxygen atoms in total. The van der Waals surface area contributed by atoms with Gasteiger partial charge in [-0.3, -0.25) is 16.0 Å². The molecule has 33 heavy (non-hydrogen) atoms. The standard InChI is InChI=1S/C27H43N5O/c1-2-3-4-5-6-7-8-9-10-11-12-13-15-22-17-19-23(20-18-22)25-30-26(33-31-25)24-16-14-21-32(24)27(28)29/h17-20,24H,2-16,21H2,1H3,(H3,28,29)/p+1/t24-/m0/s1. The second kappa shape index (κ2) is 14.0. The Morgan fingerprint density at radius 2 is 1.52 bits per heavy atom. The molecule has 4 N–H and O–H groups in total. The summed E-state index contributed by atoms with van der Waals surface area (Å²) in [5.41, 5.74) is 14.0. The van der Waals surface area contributed by atoms with E-state index in [0.717, 1.165) is 31.4 Å². The van der Waals surface area contributed by atoms with Gasteiger partial charge in [-0.05, 0) is 31.2 Å². The van der Waals surface area contributed by atoms with E-state index in [4.69, 9.17) is 16.0 Å². The molecule has 182 valence electrons. The minimum atomic E-state index is -0.0127. The number of nitrogens with zero attached hydrogens (tertiary/aromatic N) is 3. The van der Waals surface area contributed by atoms with Crippen LogP contribution >= 0.6 is 0 Å². The fourth-order valence-corrected chi connectivity index (χ4v) is 4.81. The zero-order chi connectivity index (χ0) is 23.3. The van der Waals surface area contributed by atoms with Gasteiger partial charge in [0.05, 0.1) is 6.54 Å². The van der Waals surface area contributed by atoms with Crippen molar-refractivity contribution in [2.75, 3.05) is 6.54 Å². The summed E-state index contributed by atoms with van der Waals surface area (Å²) >= 11 is 0. The summed E-state index contributed by atoms with van der Waals surface area (Å²) in [4.78, 5) is 4.62. The average Bonchev–Trinajstić information content (AvgIpc) is 3.50. The van der Waals surface area contributed by atoms with Gasteiger partial charge in [-0.2, -0.15) is 4.98 Å². The number of hydrogen-bond donors (Lipinski definition) is 2. The van der Waals surface area contributed by atoms with Gasteiger partial charge >= 0.3 is 5.96 Å². The summed E-state index contributed by atoms with van der Waals surface area (Å²) in [5, 5.41) is 4.19. The Kier molecular flexibility index (Phi) is 10.7. The molecule has 0 unspecified atom stereocenters. The lowest BCUT2D eigenvalue weighted by molar-refractivity contribution is -0.555. The van der Waals surface area contributed by atoms with E-state index in [1.807, 2.05) is 4.58 Å². The van der Waals surface area contributed by atoms with E-state index in [0.29, 0.717) is 17.7 Å². The molecule has 6 heteroatoms. The van der Waals surface area contributed by atoms with Crippen LogP contribution in [0, 0.1) is 0 Å². The van der Waals surface area contributed by atoms with Gasteiger partial charge in [0.15, 0.2) is 6.04 Å². The Morgan fingerprint density at radius 1 is 0.909 bits per heavy atom. The maximum atomic E-state index is 5.80. The summed E-state index contributed by atoms with van der Waals surface area (Å²) in [7, 11) is 0. The molecule has 0 spiro atoms. The molecule has 2 aromatic rings. The second-order valence-corrected chi connectivity index (χ2v) is 9.57. The number of benzene rings is 1. The zero-order valence-corrected chi connectivity index (χ0v) is 20.6. The second-order valence-electron chi connectivity index (χ2n) is 9.57. The molecule has 0 amide bonds. The van der Waals surface area contributed by atoms with Crippen LogP contribution in [0.5, 0.6) is 0 Å². The van der Waals surface area contributed by atoms with Crippen LogP contribution in [0.2, 0.25) is 0 Å². The van der Waals surface area contributed by atoms with Crippen molar-refractivity contribution >= 4 is 5.96 Å². The van der Waals surface area contributed by atoms with Crippen molar-refractivity contribution in [1.82, 2.24) is 10.1 Å². The molecular formula is C27H44N5O+. The number of aryl methyl sites for hydroxylation is 1. The van der Waals surface area contributed by atoms with Crippen LogP contribution in [0.25, 0.3) is 11.4 Å². The summed E-state index contributed by atoms with van der Waals surface area (Å²) in [6.07, 6.45) is 19.7. The summed E-state index contributed by atoms with van der Waals surface area (Å²) < 4.78 is 7.47. The largest absolute Gasteiger partial charge is 0.341 e. The predicted octanol–water partition coefficient (Wildman–Crippen LogP) is 6.10. The molecule has 0 radical (unpaired) electrons. The number of nitrogens with two attached hydrogens (primary N) is 2. The van der Waals surface area contributed by atoms with E-state index in [-0.39, 0.29) is 6.04 Å². The van der Waals surface area contributed by atoms with Gasteiger partial charge in [-0.25, -0.2) is 0 Å². The summed E-state index contributed by atoms with van der Waals surface area (Å²) in [6, 6.07) is 8.57. The van der Waals surface area contributed by atoms with Crippen molar-refractivity contribution in [2.24, 2.45) is 11.5 Å². The van der Waals surface area contributed by atoms with Crippen LogP contribution in [0.1, 0.15) is 114 Å². The van der Waals surface area contributed by atoms with Gasteiger partial charge in [-0.15, -0.1) is 0 Å². The normalized spacial score (nSPS) is 15.9. The van der Waals surface area contributed by atoms with Crippen molar-refractivity contribution in [3.8, 4) is 11.4 Å². The molecule has 1 aromatic heterocycles. The smallest absolute Gasteiger partial charge is 0.335 e. The first kappa shape index (κ1) is 25.3. The van der Waals surface area contributed by atoms with Crippen molar-refractivity contribution in [1.29, 1.82) is 0 Å². The van der Waals surface area contributed by atoms with E-state index in [2.05, 4.69) is 41.3 Å². The molecule has 2 heterocycles. The highest BCUT2D eigenvalue weighted by molar-refractivity contribution is 5.70. The quantitative estimate of drug-likeness (QED) is 0.193. The minimum absolute atomic E-state index is 0.0127. The fourth-order valence-electron chi connectivity index (χ4n) is 4.81. The number of hydrogen-bond acceptors (Lipinski definition) is 3. The van der Waals surface area contributed by atoms with Gasteiger partial charge in [0, 0.05) is 5.56 Å². The molecule has 1 aliphatic rings. The third kappa shape index (κ3) is 8.17.